The van der Waals surface area contributed by atoms with E-state index in [-0.39, 0.29) is 5.92 Å². The molecule has 0 aromatic heterocycles. The van der Waals surface area contributed by atoms with Crippen molar-refractivity contribution in [2.45, 2.75) is 12.3 Å². The summed E-state index contributed by atoms with van der Waals surface area (Å²) in [5.74, 6) is 0.272. The van der Waals surface area contributed by atoms with Gasteiger partial charge in [-0.3, -0.25) is 0 Å². The molecule has 106 valence electrons. The highest BCUT2D eigenvalue weighted by atomic mass is 16.2. The van der Waals surface area contributed by atoms with Crippen molar-refractivity contribution in [2.75, 3.05) is 6.54 Å². The van der Waals surface area contributed by atoms with Crippen LogP contribution in [0, 0.1) is 0 Å². The second-order valence-electron chi connectivity index (χ2n) is 5.23. The first-order chi connectivity index (χ1) is 10.3. The molecule has 0 aliphatic carbocycles. The maximum Gasteiger partial charge on any atom is 0.318 e. The molecule has 2 aromatic rings. The molecule has 21 heavy (non-hydrogen) atoms. The topological polar surface area (TPSA) is 46.3 Å². The number of carbonyl (C=O) groups is 1. The molecule has 1 aliphatic heterocycles. The van der Waals surface area contributed by atoms with Gasteiger partial charge in [0.2, 0.25) is 0 Å². The molecule has 0 spiro atoms. The molecule has 0 saturated carbocycles. The van der Waals surface area contributed by atoms with Crippen LogP contribution in [0.3, 0.4) is 0 Å². The first-order valence-corrected chi connectivity index (χ1v) is 7.14. The van der Waals surface area contributed by atoms with E-state index >= 15 is 0 Å². The lowest BCUT2D eigenvalue weighted by atomic mass is 9.85. The number of urea groups is 1. The van der Waals surface area contributed by atoms with Gasteiger partial charge in [-0.25, -0.2) is 4.79 Å². The van der Waals surface area contributed by atoms with Crippen molar-refractivity contribution in [1.82, 2.24) is 4.90 Å². The zero-order chi connectivity index (χ0) is 14.7. The zero-order valence-corrected chi connectivity index (χ0v) is 11.8. The van der Waals surface area contributed by atoms with Gasteiger partial charge in [0.05, 0.1) is 0 Å². The van der Waals surface area contributed by atoms with E-state index in [0.29, 0.717) is 6.54 Å². The Kier molecular flexibility index (Phi) is 3.73. The molecule has 1 unspecified atom stereocenters. The molecule has 0 radical (unpaired) electrons. The van der Waals surface area contributed by atoms with E-state index in [4.69, 9.17) is 5.73 Å². The molecule has 1 heterocycles. The summed E-state index contributed by atoms with van der Waals surface area (Å²) in [4.78, 5) is 13.0. The largest absolute Gasteiger partial charge is 0.351 e. The van der Waals surface area contributed by atoms with Gasteiger partial charge in [-0.15, -0.1) is 0 Å². The van der Waals surface area contributed by atoms with Crippen LogP contribution in [-0.4, -0.2) is 17.5 Å². The minimum Gasteiger partial charge on any atom is -0.351 e. The highest BCUT2D eigenvalue weighted by molar-refractivity contribution is 5.74. The van der Waals surface area contributed by atoms with Gasteiger partial charge in [0.25, 0.3) is 0 Å². The fourth-order valence-electron chi connectivity index (χ4n) is 2.86. The zero-order valence-electron chi connectivity index (χ0n) is 11.8. The lowest BCUT2D eigenvalue weighted by molar-refractivity contribution is 0.223. The van der Waals surface area contributed by atoms with E-state index in [2.05, 4.69) is 42.5 Å². The lowest BCUT2D eigenvalue weighted by Crippen LogP contribution is -2.33. The first kappa shape index (κ1) is 13.4. The van der Waals surface area contributed by atoms with Gasteiger partial charge in [0, 0.05) is 18.7 Å². The van der Waals surface area contributed by atoms with Crippen molar-refractivity contribution >= 4 is 12.1 Å². The van der Waals surface area contributed by atoms with Gasteiger partial charge < -0.3 is 10.6 Å². The number of hydrogen-bond acceptors (Lipinski definition) is 1. The number of rotatable bonds is 1. The summed E-state index contributed by atoms with van der Waals surface area (Å²) in [5.41, 5.74) is 9.13. The third kappa shape index (κ3) is 2.82. The average Bonchev–Trinajstić information content (AvgIpc) is 2.49. The Hall–Kier alpha value is -2.55. The van der Waals surface area contributed by atoms with Crippen LogP contribution in [0.15, 0.2) is 60.8 Å². The molecular formula is C18H18N2O. The molecule has 0 saturated heterocycles. The quantitative estimate of drug-likeness (QED) is 0.851. The normalized spacial score (nSPS) is 17.7. The van der Waals surface area contributed by atoms with E-state index in [1.807, 2.05) is 18.2 Å². The summed E-state index contributed by atoms with van der Waals surface area (Å²) in [6.07, 6.45) is 4.60. The van der Waals surface area contributed by atoms with E-state index in [0.717, 1.165) is 12.0 Å². The van der Waals surface area contributed by atoms with E-state index in [1.54, 1.807) is 11.1 Å². The van der Waals surface area contributed by atoms with Gasteiger partial charge in [-0.05, 0) is 29.2 Å². The Morgan fingerprint density at radius 3 is 2.52 bits per heavy atom. The first-order valence-electron chi connectivity index (χ1n) is 7.14. The monoisotopic (exact) mass is 278 g/mol. The molecule has 3 heteroatoms. The van der Waals surface area contributed by atoms with Crippen LogP contribution in [0.25, 0.3) is 6.08 Å². The molecule has 2 aromatic carbocycles. The Morgan fingerprint density at radius 1 is 1.05 bits per heavy atom. The molecule has 3 nitrogen and oxygen atoms in total. The molecule has 2 amide bonds. The van der Waals surface area contributed by atoms with Gasteiger partial charge in [0.15, 0.2) is 0 Å². The standard InChI is InChI=1S/C18H18N2O/c19-18(21)20-12-10-15-8-4-5-9-16(15)17(11-13-20)14-6-2-1-3-7-14/h1-10,12,17H,11,13H2,(H2,19,21). The van der Waals surface area contributed by atoms with Gasteiger partial charge >= 0.3 is 6.03 Å². The van der Waals surface area contributed by atoms with Crippen molar-refractivity contribution in [2.24, 2.45) is 5.73 Å². The van der Waals surface area contributed by atoms with Crippen molar-refractivity contribution in [3.05, 3.63) is 77.5 Å². The Balaban J connectivity index is 2.06. The molecule has 1 atom stereocenters. The fourth-order valence-corrected chi connectivity index (χ4v) is 2.86. The van der Waals surface area contributed by atoms with Crippen LogP contribution in [0.5, 0.6) is 0 Å². The van der Waals surface area contributed by atoms with Gasteiger partial charge in [-0.2, -0.15) is 0 Å². The summed E-state index contributed by atoms with van der Waals surface area (Å²) in [6, 6.07) is 18.3. The molecule has 0 fully saturated rings. The smallest absolute Gasteiger partial charge is 0.318 e. The molecule has 0 bridgehead atoms. The van der Waals surface area contributed by atoms with Gasteiger partial charge in [-0.1, -0.05) is 54.6 Å². The fraction of sp³-hybridized carbons (Fsp3) is 0.167. The number of hydrogen-bond donors (Lipinski definition) is 1. The van der Waals surface area contributed by atoms with E-state index < -0.39 is 6.03 Å². The SMILES string of the molecule is NC(=O)N1C=Cc2ccccc2C(c2ccccc2)CC1. The second-order valence-corrected chi connectivity index (χ2v) is 5.23. The molecule has 1 aliphatic rings. The summed E-state index contributed by atoms with van der Waals surface area (Å²) < 4.78 is 0. The maximum atomic E-state index is 11.5. The predicted octanol–water partition coefficient (Wildman–Crippen LogP) is 3.57. The van der Waals surface area contributed by atoms with Crippen molar-refractivity contribution < 1.29 is 4.79 Å². The van der Waals surface area contributed by atoms with E-state index in [9.17, 15) is 4.79 Å². The van der Waals surface area contributed by atoms with Crippen molar-refractivity contribution in [3.63, 3.8) is 0 Å². The van der Waals surface area contributed by atoms with Crippen LogP contribution in [0.4, 0.5) is 4.79 Å². The van der Waals surface area contributed by atoms with Crippen LogP contribution in [0.1, 0.15) is 29.0 Å². The van der Waals surface area contributed by atoms with E-state index in [1.165, 1.54) is 11.1 Å². The number of amides is 2. The number of primary amides is 1. The predicted molar refractivity (Wildman–Crippen MR) is 84.7 cm³/mol. The Labute approximate surface area is 124 Å². The van der Waals surface area contributed by atoms with Crippen LogP contribution >= 0.6 is 0 Å². The third-order valence-electron chi connectivity index (χ3n) is 3.95. The van der Waals surface area contributed by atoms with Crippen LogP contribution < -0.4 is 5.73 Å². The number of nitrogens with zero attached hydrogens (tertiary/aromatic N) is 1. The average molecular weight is 278 g/mol. The highest BCUT2D eigenvalue weighted by Gasteiger charge is 2.20. The summed E-state index contributed by atoms with van der Waals surface area (Å²) >= 11 is 0. The number of fused-ring (bicyclic) bond motifs is 1. The van der Waals surface area contributed by atoms with Crippen molar-refractivity contribution in [1.29, 1.82) is 0 Å². The lowest BCUT2D eigenvalue weighted by Gasteiger charge is -2.26. The molecule has 2 N–H and O–H groups in total. The summed E-state index contributed by atoms with van der Waals surface area (Å²) in [5, 5.41) is 0. The molecule has 3 rings (SSSR count). The van der Waals surface area contributed by atoms with Crippen LogP contribution in [0.2, 0.25) is 0 Å². The number of benzene rings is 2. The summed E-state index contributed by atoms with van der Waals surface area (Å²) in [7, 11) is 0. The number of carbonyl (C=O) groups excluding carboxylic acids is 1. The maximum absolute atomic E-state index is 11.5. The second kappa shape index (κ2) is 5.83. The number of nitrogens with two attached hydrogens (primary N) is 1. The minimum atomic E-state index is -0.405. The molecular weight excluding hydrogens is 260 g/mol. The van der Waals surface area contributed by atoms with Gasteiger partial charge in [0.1, 0.15) is 0 Å². The third-order valence-corrected chi connectivity index (χ3v) is 3.95. The summed E-state index contributed by atoms with van der Waals surface area (Å²) in [6.45, 7) is 0.625. The van der Waals surface area contributed by atoms with Crippen molar-refractivity contribution in [3.8, 4) is 0 Å². The Bertz CT molecular complexity index is 664. The minimum absolute atomic E-state index is 0.272. The highest BCUT2D eigenvalue weighted by Crippen LogP contribution is 2.32. The Morgan fingerprint density at radius 2 is 1.76 bits per heavy atom. The van der Waals surface area contributed by atoms with Crippen LogP contribution in [-0.2, 0) is 0 Å².